The first-order chi connectivity index (χ1) is 9.89. The molecule has 0 aromatic carbocycles. The van der Waals surface area contributed by atoms with Gasteiger partial charge in [-0.15, -0.1) is 0 Å². The van der Waals surface area contributed by atoms with Crippen molar-refractivity contribution in [3.05, 3.63) is 0 Å². The summed E-state index contributed by atoms with van der Waals surface area (Å²) in [5.74, 6) is 0.269. The van der Waals surface area contributed by atoms with E-state index in [1.807, 2.05) is 0 Å². The number of nitrogens with one attached hydrogen (secondary N) is 1. The van der Waals surface area contributed by atoms with Gasteiger partial charge in [0.25, 0.3) is 0 Å². The molecule has 1 heterocycles. The molecule has 1 aliphatic carbocycles. The van der Waals surface area contributed by atoms with Gasteiger partial charge >= 0.3 is 0 Å². The summed E-state index contributed by atoms with van der Waals surface area (Å²) in [6, 6.07) is 0. The van der Waals surface area contributed by atoms with Gasteiger partial charge in [-0.3, -0.25) is 4.79 Å². The number of carbonyl (C=O) groups excluding carboxylic acids is 1. The lowest BCUT2D eigenvalue weighted by Crippen LogP contribution is -2.58. The molecule has 1 saturated carbocycles. The summed E-state index contributed by atoms with van der Waals surface area (Å²) in [7, 11) is 0. The fraction of sp³-hybridized carbons (Fsp3) is 0.941. The van der Waals surface area contributed by atoms with Crippen molar-refractivity contribution in [3.63, 3.8) is 0 Å². The number of primary amides is 1. The average Bonchev–Trinajstić information content (AvgIpc) is 2.98. The highest BCUT2D eigenvalue weighted by Gasteiger charge is 2.47. The number of nitrogens with two attached hydrogens (primary N) is 1. The van der Waals surface area contributed by atoms with Crippen LogP contribution in [0.15, 0.2) is 0 Å². The van der Waals surface area contributed by atoms with Crippen LogP contribution in [-0.4, -0.2) is 42.5 Å². The molecule has 1 saturated heterocycles. The first-order valence-corrected chi connectivity index (χ1v) is 8.67. The molecule has 2 unspecified atom stereocenters. The Morgan fingerprint density at radius 2 is 2.14 bits per heavy atom. The number of nitrogens with zero attached hydrogens (tertiary/aromatic N) is 1. The van der Waals surface area contributed by atoms with E-state index < -0.39 is 5.54 Å². The molecule has 2 rings (SSSR count). The molecule has 21 heavy (non-hydrogen) atoms. The summed E-state index contributed by atoms with van der Waals surface area (Å²) in [6.07, 6.45) is 6.59. The molecular weight excluding hydrogens is 262 g/mol. The van der Waals surface area contributed by atoms with Crippen LogP contribution in [0.1, 0.15) is 59.3 Å². The molecule has 2 aliphatic rings. The van der Waals surface area contributed by atoms with Crippen LogP contribution in [0.4, 0.5) is 0 Å². The number of hydrogen-bond acceptors (Lipinski definition) is 3. The Hall–Kier alpha value is -0.610. The van der Waals surface area contributed by atoms with Gasteiger partial charge in [0.15, 0.2) is 0 Å². The van der Waals surface area contributed by atoms with Gasteiger partial charge in [-0.1, -0.05) is 27.2 Å². The van der Waals surface area contributed by atoms with E-state index in [0.717, 1.165) is 45.2 Å². The van der Waals surface area contributed by atoms with Crippen molar-refractivity contribution in [1.29, 1.82) is 0 Å². The van der Waals surface area contributed by atoms with E-state index in [2.05, 4.69) is 31.0 Å². The molecule has 0 radical (unpaired) electrons. The molecule has 0 spiro atoms. The van der Waals surface area contributed by atoms with E-state index in [1.54, 1.807) is 0 Å². The number of rotatable bonds is 7. The first-order valence-electron chi connectivity index (χ1n) is 8.67. The van der Waals surface area contributed by atoms with Gasteiger partial charge in [-0.25, -0.2) is 0 Å². The number of hydrogen-bond donors (Lipinski definition) is 2. The first kappa shape index (κ1) is 16.8. The van der Waals surface area contributed by atoms with Crippen LogP contribution in [-0.2, 0) is 4.79 Å². The second kappa shape index (κ2) is 6.66. The molecule has 0 aromatic heterocycles. The van der Waals surface area contributed by atoms with Gasteiger partial charge < -0.3 is 16.0 Å². The summed E-state index contributed by atoms with van der Waals surface area (Å²) in [5, 5.41) is 3.49. The highest BCUT2D eigenvalue weighted by atomic mass is 16.1. The van der Waals surface area contributed by atoms with Crippen molar-refractivity contribution in [1.82, 2.24) is 10.2 Å². The molecule has 3 N–H and O–H groups in total. The quantitative estimate of drug-likeness (QED) is 0.756. The van der Waals surface area contributed by atoms with Gasteiger partial charge in [-0.2, -0.15) is 0 Å². The molecule has 2 fully saturated rings. The van der Waals surface area contributed by atoms with Gasteiger partial charge in [0.1, 0.15) is 5.54 Å². The zero-order valence-corrected chi connectivity index (χ0v) is 14.1. The van der Waals surface area contributed by atoms with Crippen LogP contribution in [0.3, 0.4) is 0 Å². The van der Waals surface area contributed by atoms with Crippen molar-refractivity contribution in [2.75, 3.05) is 26.2 Å². The Kier molecular flexibility index (Phi) is 5.31. The molecule has 0 aromatic rings. The van der Waals surface area contributed by atoms with Crippen molar-refractivity contribution in [2.45, 2.75) is 64.8 Å². The van der Waals surface area contributed by atoms with Crippen molar-refractivity contribution >= 4 is 5.91 Å². The zero-order chi connectivity index (χ0) is 15.5. The third-order valence-electron chi connectivity index (χ3n) is 5.50. The summed E-state index contributed by atoms with van der Waals surface area (Å²) in [4.78, 5) is 14.6. The molecule has 122 valence electrons. The minimum absolute atomic E-state index is 0.139. The van der Waals surface area contributed by atoms with E-state index in [4.69, 9.17) is 5.73 Å². The SMILES string of the molecule is CCCNC1(C(N)=O)CCCC1CCN1CCC(C)(C)C1. The van der Waals surface area contributed by atoms with Crippen LogP contribution in [0, 0.1) is 11.3 Å². The lowest BCUT2D eigenvalue weighted by Gasteiger charge is -2.34. The Morgan fingerprint density at radius 3 is 2.71 bits per heavy atom. The maximum Gasteiger partial charge on any atom is 0.238 e. The third kappa shape index (κ3) is 3.78. The van der Waals surface area contributed by atoms with Crippen molar-refractivity contribution in [3.8, 4) is 0 Å². The maximum absolute atomic E-state index is 12.1. The smallest absolute Gasteiger partial charge is 0.238 e. The van der Waals surface area contributed by atoms with Crippen LogP contribution < -0.4 is 11.1 Å². The monoisotopic (exact) mass is 295 g/mol. The molecular formula is C17H33N3O. The van der Waals surface area contributed by atoms with E-state index >= 15 is 0 Å². The summed E-state index contributed by atoms with van der Waals surface area (Å²) < 4.78 is 0. The largest absolute Gasteiger partial charge is 0.368 e. The predicted molar refractivity (Wildman–Crippen MR) is 87.0 cm³/mol. The lowest BCUT2D eigenvalue weighted by molar-refractivity contribution is -0.126. The van der Waals surface area contributed by atoms with Crippen LogP contribution in [0.5, 0.6) is 0 Å². The Labute approximate surface area is 129 Å². The molecule has 4 heteroatoms. The standard InChI is InChI=1S/C17H33N3O/c1-4-10-19-17(15(18)21)8-5-6-14(17)7-11-20-12-9-16(2,3)13-20/h14,19H,4-13H2,1-3H3,(H2,18,21). The highest BCUT2D eigenvalue weighted by Crippen LogP contribution is 2.39. The second-order valence-electron chi connectivity index (χ2n) is 7.83. The van der Waals surface area contributed by atoms with E-state index in [0.29, 0.717) is 11.3 Å². The minimum Gasteiger partial charge on any atom is -0.368 e. The Bertz CT molecular complexity index is 369. The minimum atomic E-state index is -0.439. The van der Waals surface area contributed by atoms with E-state index in [-0.39, 0.29) is 5.91 Å². The van der Waals surface area contributed by atoms with Crippen LogP contribution in [0.25, 0.3) is 0 Å². The average molecular weight is 295 g/mol. The number of carbonyl (C=O) groups is 1. The molecule has 1 amide bonds. The molecule has 2 atom stereocenters. The Morgan fingerprint density at radius 1 is 1.38 bits per heavy atom. The molecule has 0 bridgehead atoms. The van der Waals surface area contributed by atoms with Crippen LogP contribution >= 0.6 is 0 Å². The van der Waals surface area contributed by atoms with E-state index in [9.17, 15) is 4.79 Å². The van der Waals surface area contributed by atoms with Crippen molar-refractivity contribution in [2.24, 2.45) is 17.1 Å². The Balaban J connectivity index is 1.92. The zero-order valence-electron chi connectivity index (χ0n) is 14.1. The van der Waals surface area contributed by atoms with Crippen molar-refractivity contribution < 1.29 is 4.79 Å². The molecule has 4 nitrogen and oxygen atoms in total. The second-order valence-corrected chi connectivity index (χ2v) is 7.83. The topological polar surface area (TPSA) is 58.4 Å². The van der Waals surface area contributed by atoms with Gasteiger partial charge in [0.05, 0.1) is 0 Å². The lowest BCUT2D eigenvalue weighted by atomic mass is 9.83. The normalized spacial score (nSPS) is 32.6. The number of amides is 1. The summed E-state index contributed by atoms with van der Waals surface area (Å²) in [5.41, 5.74) is 5.79. The highest BCUT2D eigenvalue weighted by molar-refractivity contribution is 5.85. The maximum atomic E-state index is 12.1. The fourth-order valence-electron chi connectivity index (χ4n) is 4.21. The summed E-state index contributed by atoms with van der Waals surface area (Å²) >= 11 is 0. The van der Waals surface area contributed by atoms with Gasteiger partial charge in [0, 0.05) is 6.54 Å². The van der Waals surface area contributed by atoms with Crippen LogP contribution in [0.2, 0.25) is 0 Å². The molecule has 1 aliphatic heterocycles. The fourth-order valence-corrected chi connectivity index (χ4v) is 4.21. The van der Waals surface area contributed by atoms with Gasteiger partial charge in [0.2, 0.25) is 5.91 Å². The number of likely N-dealkylation sites (tertiary alicyclic amines) is 1. The van der Waals surface area contributed by atoms with E-state index in [1.165, 1.54) is 19.5 Å². The van der Waals surface area contributed by atoms with Gasteiger partial charge in [-0.05, 0) is 63.1 Å². The predicted octanol–water partition coefficient (Wildman–Crippen LogP) is 2.13. The summed E-state index contributed by atoms with van der Waals surface area (Å²) in [6.45, 7) is 11.2. The third-order valence-corrected chi connectivity index (χ3v) is 5.50.